The molecule has 1 N–H and O–H groups in total. The van der Waals surface area contributed by atoms with Crippen LogP contribution in [0.25, 0.3) is 0 Å². The van der Waals surface area contributed by atoms with Crippen molar-refractivity contribution in [3.8, 4) is 5.75 Å². The number of phenols is 1. The summed E-state index contributed by atoms with van der Waals surface area (Å²) in [7, 11) is 2.21. The molecule has 1 aromatic rings. The molecule has 1 aliphatic rings. The van der Waals surface area contributed by atoms with Crippen LogP contribution in [0.1, 0.15) is 51.3 Å². The molecule has 0 aromatic heterocycles. The highest BCUT2D eigenvalue weighted by molar-refractivity contribution is 5.44. The van der Waals surface area contributed by atoms with Crippen molar-refractivity contribution in [1.29, 1.82) is 0 Å². The van der Waals surface area contributed by atoms with Gasteiger partial charge in [-0.3, -0.25) is 4.90 Å². The van der Waals surface area contributed by atoms with Crippen LogP contribution >= 0.6 is 0 Å². The second kappa shape index (κ2) is 4.58. The largest absolute Gasteiger partial charge is 0.508 e. The van der Waals surface area contributed by atoms with Crippen LogP contribution in [0.4, 0.5) is 0 Å². The minimum Gasteiger partial charge on any atom is -0.508 e. The van der Waals surface area contributed by atoms with Gasteiger partial charge in [-0.2, -0.15) is 0 Å². The summed E-state index contributed by atoms with van der Waals surface area (Å²) >= 11 is 0. The van der Waals surface area contributed by atoms with E-state index in [2.05, 4.69) is 45.7 Å². The molecule has 0 heterocycles. The molecule has 2 heteroatoms. The molecule has 0 radical (unpaired) electrons. The Balaban J connectivity index is 2.26. The smallest absolute Gasteiger partial charge is 0.119 e. The maximum absolute atomic E-state index is 9.91. The lowest BCUT2D eigenvalue weighted by Crippen LogP contribution is -2.40. The Hall–Kier alpha value is -1.02. The monoisotopic (exact) mass is 247 g/mol. The molecule has 0 aliphatic heterocycles. The third-order valence-electron chi connectivity index (χ3n) is 4.57. The van der Waals surface area contributed by atoms with Crippen LogP contribution in [0.5, 0.6) is 5.75 Å². The predicted octanol–water partition coefficient (Wildman–Crippen LogP) is 3.75. The van der Waals surface area contributed by atoms with Gasteiger partial charge in [0, 0.05) is 12.1 Å². The Morgan fingerprint density at radius 2 is 2.00 bits per heavy atom. The normalized spacial score (nSPS) is 21.1. The number of phenolic OH excluding ortho intramolecular Hbond substituents is 1. The minimum absolute atomic E-state index is 0.272. The maximum atomic E-state index is 9.91. The summed E-state index contributed by atoms with van der Waals surface area (Å²) in [5, 5.41) is 9.91. The van der Waals surface area contributed by atoms with Gasteiger partial charge in [0.25, 0.3) is 0 Å². The van der Waals surface area contributed by atoms with Crippen LogP contribution in [-0.4, -0.2) is 23.1 Å². The number of aromatic hydroxyl groups is 1. The second-order valence-electron chi connectivity index (χ2n) is 6.61. The molecule has 0 fully saturated rings. The fraction of sp³-hybridized carbons (Fsp3) is 0.625. The van der Waals surface area contributed by atoms with Gasteiger partial charge in [0.2, 0.25) is 0 Å². The summed E-state index contributed by atoms with van der Waals surface area (Å²) in [6.07, 6.45) is 2.11. The van der Waals surface area contributed by atoms with E-state index < -0.39 is 0 Å². The molecule has 0 bridgehead atoms. The fourth-order valence-electron chi connectivity index (χ4n) is 2.92. The van der Waals surface area contributed by atoms with Crippen molar-refractivity contribution >= 4 is 0 Å². The summed E-state index contributed by atoms with van der Waals surface area (Å²) in [4.78, 5) is 2.46. The van der Waals surface area contributed by atoms with Crippen LogP contribution in [0.15, 0.2) is 18.2 Å². The first-order valence-corrected chi connectivity index (χ1v) is 6.85. The predicted molar refractivity (Wildman–Crippen MR) is 75.8 cm³/mol. The summed E-state index contributed by atoms with van der Waals surface area (Å²) in [6, 6.07) is 6.88. The van der Waals surface area contributed by atoms with E-state index in [1.165, 1.54) is 5.56 Å². The van der Waals surface area contributed by atoms with Crippen molar-refractivity contribution in [2.45, 2.75) is 52.6 Å². The molecule has 2 rings (SSSR count). The highest BCUT2D eigenvalue weighted by Gasteiger charge is 2.33. The summed E-state index contributed by atoms with van der Waals surface area (Å²) in [5.41, 5.74) is 2.73. The first kappa shape index (κ1) is 13.4. The second-order valence-corrected chi connectivity index (χ2v) is 6.61. The van der Waals surface area contributed by atoms with E-state index >= 15 is 0 Å². The molecule has 0 saturated carbocycles. The highest BCUT2D eigenvalue weighted by atomic mass is 16.3. The molecule has 0 spiro atoms. The number of hydrogen-bond donors (Lipinski definition) is 1. The molecule has 2 unspecified atom stereocenters. The van der Waals surface area contributed by atoms with Gasteiger partial charge in [0.1, 0.15) is 5.75 Å². The van der Waals surface area contributed by atoms with E-state index in [0.717, 1.165) is 18.4 Å². The molecule has 2 nitrogen and oxygen atoms in total. The van der Waals surface area contributed by atoms with Crippen molar-refractivity contribution in [1.82, 2.24) is 4.90 Å². The quantitative estimate of drug-likeness (QED) is 0.860. The molecule has 1 aromatic carbocycles. The average Bonchev–Trinajstić information content (AvgIpc) is 2.71. The lowest BCUT2D eigenvalue weighted by molar-refractivity contribution is 0.0972. The van der Waals surface area contributed by atoms with Gasteiger partial charge in [-0.15, -0.1) is 0 Å². The molecular formula is C16H25NO. The lowest BCUT2D eigenvalue weighted by Gasteiger charge is -2.39. The van der Waals surface area contributed by atoms with Crippen molar-refractivity contribution in [3.05, 3.63) is 29.3 Å². The van der Waals surface area contributed by atoms with E-state index in [0.29, 0.717) is 17.8 Å². The number of nitrogens with zero attached hydrogens (tertiary/aromatic N) is 1. The van der Waals surface area contributed by atoms with Crippen LogP contribution in [0, 0.1) is 5.41 Å². The van der Waals surface area contributed by atoms with E-state index in [1.807, 2.05) is 6.07 Å². The van der Waals surface area contributed by atoms with Gasteiger partial charge in [0.15, 0.2) is 0 Å². The summed E-state index contributed by atoms with van der Waals surface area (Å²) in [5.74, 6) is 0.465. The van der Waals surface area contributed by atoms with Crippen LogP contribution in [-0.2, 0) is 6.42 Å². The molecule has 100 valence electrons. The zero-order chi connectivity index (χ0) is 13.5. The third kappa shape index (κ3) is 2.26. The molecule has 0 amide bonds. The van der Waals surface area contributed by atoms with Gasteiger partial charge < -0.3 is 5.11 Å². The summed E-state index contributed by atoms with van der Waals surface area (Å²) < 4.78 is 0. The highest BCUT2D eigenvalue weighted by Crippen LogP contribution is 2.41. The SMILES string of the molecule is CC(N(C)C1CCc2c(O)cccc21)C(C)(C)C. The zero-order valence-corrected chi connectivity index (χ0v) is 12.2. The zero-order valence-electron chi connectivity index (χ0n) is 12.2. The van der Waals surface area contributed by atoms with Gasteiger partial charge >= 0.3 is 0 Å². The third-order valence-corrected chi connectivity index (χ3v) is 4.57. The Kier molecular flexibility index (Phi) is 3.41. The Bertz CT molecular complexity index is 433. The first-order valence-electron chi connectivity index (χ1n) is 6.85. The Labute approximate surface area is 111 Å². The molecular weight excluding hydrogens is 222 g/mol. The van der Waals surface area contributed by atoms with Crippen molar-refractivity contribution < 1.29 is 5.11 Å². The average molecular weight is 247 g/mol. The van der Waals surface area contributed by atoms with Gasteiger partial charge in [0.05, 0.1) is 0 Å². The molecule has 2 atom stereocenters. The standard InChI is InChI=1S/C16H25NO/c1-11(16(2,3)4)17(5)14-10-9-13-12(14)7-6-8-15(13)18/h6-8,11,14,18H,9-10H2,1-5H3. The Morgan fingerprint density at radius 3 is 2.61 bits per heavy atom. The minimum atomic E-state index is 0.272. The maximum Gasteiger partial charge on any atom is 0.119 e. The Morgan fingerprint density at radius 1 is 1.33 bits per heavy atom. The molecule has 18 heavy (non-hydrogen) atoms. The van der Waals surface area contributed by atoms with Crippen molar-refractivity contribution in [2.24, 2.45) is 5.41 Å². The fourth-order valence-corrected chi connectivity index (χ4v) is 2.92. The lowest BCUT2D eigenvalue weighted by atomic mass is 9.86. The van der Waals surface area contributed by atoms with E-state index in [4.69, 9.17) is 0 Å². The number of hydrogen-bond acceptors (Lipinski definition) is 2. The van der Waals surface area contributed by atoms with Gasteiger partial charge in [-0.05, 0) is 49.4 Å². The van der Waals surface area contributed by atoms with Gasteiger partial charge in [-0.25, -0.2) is 0 Å². The number of rotatable bonds is 2. The van der Waals surface area contributed by atoms with E-state index in [9.17, 15) is 5.11 Å². The van der Waals surface area contributed by atoms with E-state index in [1.54, 1.807) is 6.07 Å². The topological polar surface area (TPSA) is 23.5 Å². The molecule has 0 saturated heterocycles. The van der Waals surface area contributed by atoms with Crippen molar-refractivity contribution in [2.75, 3.05) is 7.05 Å². The van der Waals surface area contributed by atoms with Gasteiger partial charge in [-0.1, -0.05) is 32.9 Å². The van der Waals surface area contributed by atoms with Crippen LogP contribution in [0.3, 0.4) is 0 Å². The van der Waals surface area contributed by atoms with Crippen LogP contribution < -0.4 is 0 Å². The van der Waals surface area contributed by atoms with Crippen LogP contribution in [0.2, 0.25) is 0 Å². The number of fused-ring (bicyclic) bond motifs is 1. The first-order chi connectivity index (χ1) is 8.32. The summed E-state index contributed by atoms with van der Waals surface area (Å²) in [6.45, 7) is 9.15. The van der Waals surface area contributed by atoms with E-state index in [-0.39, 0.29) is 5.41 Å². The van der Waals surface area contributed by atoms with Crippen molar-refractivity contribution in [3.63, 3.8) is 0 Å². The number of benzene rings is 1. The molecule has 1 aliphatic carbocycles.